The Balaban J connectivity index is 1.63. The van der Waals surface area contributed by atoms with Gasteiger partial charge in [-0.05, 0) is 18.2 Å². The molecule has 7 nitrogen and oxygen atoms in total. The van der Waals surface area contributed by atoms with Crippen LogP contribution < -0.4 is 14.9 Å². The Labute approximate surface area is 137 Å². The number of hydrazone groups is 1. The van der Waals surface area contributed by atoms with Gasteiger partial charge in [0.2, 0.25) is 6.10 Å². The molecule has 0 fully saturated rings. The molecule has 1 unspecified atom stereocenters. The molecular weight excluding hydrogens is 312 g/mol. The summed E-state index contributed by atoms with van der Waals surface area (Å²) in [6.45, 7) is 0.0735. The number of amides is 1. The van der Waals surface area contributed by atoms with Gasteiger partial charge in [0.1, 0.15) is 6.61 Å². The molecule has 1 aliphatic rings. The SMILES string of the molecule is O=C(O)c1ccccc1C=NNC(=O)C1COc2ccccc2O1. The molecule has 2 aromatic rings. The molecule has 1 heterocycles. The van der Waals surface area contributed by atoms with Crippen LogP contribution in [0.2, 0.25) is 0 Å². The van der Waals surface area contributed by atoms with Crippen molar-refractivity contribution in [3.05, 3.63) is 59.7 Å². The fourth-order valence-electron chi connectivity index (χ4n) is 2.19. The van der Waals surface area contributed by atoms with E-state index in [2.05, 4.69) is 10.5 Å². The predicted octanol–water partition coefficient (Wildman–Crippen LogP) is 1.67. The smallest absolute Gasteiger partial charge is 0.336 e. The van der Waals surface area contributed by atoms with Crippen LogP contribution in [0.15, 0.2) is 53.6 Å². The summed E-state index contributed by atoms with van der Waals surface area (Å²) >= 11 is 0. The third kappa shape index (κ3) is 3.35. The van der Waals surface area contributed by atoms with Gasteiger partial charge in [0.15, 0.2) is 11.5 Å². The van der Waals surface area contributed by atoms with Gasteiger partial charge in [0, 0.05) is 5.56 Å². The number of hydrogen-bond donors (Lipinski definition) is 2. The highest BCUT2D eigenvalue weighted by Gasteiger charge is 2.27. The lowest BCUT2D eigenvalue weighted by atomic mass is 10.1. The van der Waals surface area contributed by atoms with E-state index < -0.39 is 18.0 Å². The predicted molar refractivity (Wildman–Crippen MR) is 85.5 cm³/mol. The standard InChI is InChI=1S/C17H14N2O5/c20-16(15-10-23-13-7-3-4-8-14(13)24-15)19-18-9-11-5-1-2-6-12(11)17(21)22/h1-9,15H,10H2,(H,19,20)(H,21,22). The molecule has 2 aromatic carbocycles. The van der Waals surface area contributed by atoms with Crippen molar-refractivity contribution < 1.29 is 24.2 Å². The van der Waals surface area contributed by atoms with E-state index in [9.17, 15) is 9.59 Å². The number of hydrogen-bond acceptors (Lipinski definition) is 5. The molecule has 1 amide bonds. The van der Waals surface area contributed by atoms with Gasteiger partial charge >= 0.3 is 5.97 Å². The van der Waals surface area contributed by atoms with Crippen LogP contribution in [0.4, 0.5) is 0 Å². The van der Waals surface area contributed by atoms with Crippen molar-refractivity contribution in [2.75, 3.05) is 6.61 Å². The molecule has 0 bridgehead atoms. The fraction of sp³-hybridized carbons (Fsp3) is 0.118. The first-order valence-electron chi connectivity index (χ1n) is 7.19. The van der Waals surface area contributed by atoms with Gasteiger partial charge in [0.05, 0.1) is 11.8 Å². The van der Waals surface area contributed by atoms with Gasteiger partial charge in [-0.1, -0.05) is 30.3 Å². The first-order chi connectivity index (χ1) is 11.6. The number of carboxylic acids is 1. The van der Waals surface area contributed by atoms with Gasteiger partial charge in [-0.3, -0.25) is 4.79 Å². The number of para-hydroxylation sites is 2. The number of nitrogens with one attached hydrogen (secondary N) is 1. The first-order valence-corrected chi connectivity index (χ1v) is 7.19. The van der Waals surface area contributed by atoms with Crippen LogP contribution in [0, 0.1) is 0 Å². The number of benzene rings is 2. The van der Waals surface area contributed by atoms with Crippen LogP contribution in [0.5, 0.6) is 11.5 Å². The van der Waals surface area contributed by atoms with Crippen LogP contribution in [0.1, 0.15) is 15.9 Å². The lowest BCUT2D eigenvalue weighted by molar-refractivity contribution is -0.130. The largest absolute Gasteiger partial charge is 0.485 e. The summed E-state index contributed by atoms with van der Waals surface area (Å²) in [4.78, 5) is 23.2. The van der Waals surface area contributed by atoms with Crippen molar-refractivity contribution in [2.24, 2.45) is 5.10 Å². The molecule has 0 spiro atoms. The minimum Gasteiger partial charge on any atom is -0.485 e. The molecule has 0 aromatic heterocycles. The van der Waals surface area contributed by atoms with Crippen molar-refractivity contribution >= 4 is 18.1 Å². The number of carbonyl (C=O) groups excluding carboxylic acids is 1. The van der Waals surface area contributed by atoms with Gasteiger partial charge < -0.3 is 14.6 Å². The molecule has 0 aliphatic carbocycles. The van der Waals surface area contributed by atoms with E-state index in [0.717, 1.165) is 0 Å². The zero-order valence-corrected chi connectivity index (χ0v) is 12.5. The summed E-state index contributed by atoms with van der Waals surface area (Å²) in [7, 11) is 0. The fourth-order valence-corrected chi connectivity index (χ4v) is 2.19. The average Bonchev–Trinajstić information content (AvgIpc) is 2.61. The minimum atomic E-state index is -1.07. The molecule has 1 atom stereocenters. The molecule has 3 rings (SSSR count). The van der Waals surface area contributed by atoms with Crippen molar-refractivity contribution in [1.82, 2.24) is 5.43 Å². The summed E-state index contributed by atoms with van der Waals surface area (Å²) in [5.74, 6) is -0.470. The van der Waals surface area contributed by atoms with Crippen molar-refractivity contribution in [1.29, 1.82) is 0 Å². The highest BCUT2D eigenvalue weighted by atomic mass is 16.6. The Morgan fingerprint density at radius 2 is 1.83 bits per heavy atom. The van der Waals surface area contributed by atoms with E-state index in [-0.39, 0.29) is 12.2 Å². The Kier molecular flexibility index (Phi) is 4.42. The molecule has 24 heavy (non-hydrogen) atoms. The van der Waals surface area contributed by atoms with E-state index in [4.69, 9.17) is 14.6 Å². The van der Waals surface area contributed by atoms with Crippen LogP contribution in [-0.2, 0) is 4.79 Å². The first kappa shape index (κ1) is 15.5. The van der Waals surface area contributed by atoms with Gasteiger partial charge in [0.25, 0.3) is 5.91 Å². The molecule has 1 aliphatic heterocycles. The summed E-state index contributed by atoms with van der Waals surface area (Å²) in [5.41, 5.74) is 2.81. The Morgan fingerprint density at radius 1 is 1.12 bits per heavy atom. The summed E-state index contributed by atoms with van der Waals surface area (Å²) in [6.07, 6.45) is 0.450. The number of ether oxygens (including phenoxy) is 2. The number of nitrogens with zero attached hydrogens (tertiary/aromatic N) is 1. The quantitative estimate of drug-likeness (QED) is 0.658. The number of fused-ring (bicyclic) bond motifs is 1. The lowest BCUT2D eigenvalue weighted by Gasteiger charge is -2.24. The van der Waals surface area contributed by atoms with E-state index in [1.165, 1.54) is 12.3 Å². The second kappa shape index (κ2) is 6.82. The zero-order chi connectivity index (χ0) is 16.9. The molecule has 0 radical (unpaired) electrons. The molecule has 0 saturated heterocycles. The van der Waals surface area contributed by atoms with Crippen molar-refractivity contribution in [2.45, 2.75) is 6.10 Å². The zero-order valence-electron chi connectivity index (χ0n) is 12.5. The average molecular weight is 326 g/mol. The summed E-state index contributed by atoms with van der Waals surface area (Å²) < 4.78 is 11.0. The maximum Gasteiger partial charge on any atom is 0.336 e. The Hall–Kier alpha value is -3.35. The van der Waals surface area contributed by atoms with Crippen molar-refractivity contribution in [3.63, 3.8) is 0 Å². The highest BCUT2D eigenvalue weighted by molar-refractivity contribution is 5.98. The number of aromatic carboxylic acids is 1. The van der Waals surface area contributed by atoms with E-state index >= 15 is 0 Å². The molecule has 2 N–H and O–H groups in total. The van der Waals surface area contributed by atoms with Crippen LogP contribution in [0.3, 0.4) is 0 Å². The molecular formula is C17H14N2O5. The number of rotatable bonds is 4. The van der Waals surface area contributed by atoms with Crippen LogP contribution in [0.25, 0.3) is 0 Å². The van der Waals surface area contributed by atoms with E-state index in [0.29, 0.717) is 17.1 Å². The summed E-state index contributed by atoms with van der Waals surface area (Å²) in [6, 6.07) is 13.4. The Bertz CT molecular complexity index is 803. The number of carboxylic acid groups (broad SMARTS) is 1. The second-order valence-electron chi connectivity index (χ2n) is 4.99. The normalized spacial score (nSPS) is 15.9. The molecule has 7 heteroatoms. The molecule has 0 saturated carbocycles. The van der Waals surface area contributed by atoms with E-state index in [1.54, 1.807) is 36.4 Å². The third-order valence-corrected chi connectivity index (χ3v) is 3.37. The second-order valence-corrected chi connectivity index (χ2v) is 4.99. The van der Waals surface area contributed by atoms with Crippen LogP contribution >= 0.6 is 0 Å². The van der Waals surface area contributed by atoms with Crippen LogP contribution in [-0.4, -0.2) is 35.9 Å². The number of carbonyl (C=O) groups is 2. The van der Waals surface area contributed by atoms with Gasteiger partial charge in [-0.2, -0.15) is 5.10 Å². The topological polar surface area (TPSA) is 97.2 Å². The minimum absolute atomic E-state index is 0.0735. The van der Waals surface area contributed by atoms with Gasteiger partial charge in [-0.15, -0.1) is 0 Å². The maximum atomic E-state index is 12.1. The monoisotopic (exact) mass is 326 g/mol. The Morgan fingerprint density at radius 3 is 2.62 bits per heavy atom. The lowest BCUT2D eigenvalue weighted by Crippen LogP contribution is -2.42. The van der Waals surface area contributed by atoms with Crippen molar-refractivity contribution in [3.8, 4) is 11.5 Å². The van der Waals surface area contributed by atoms with Gasteiger partial charge in [-0.25, -0.2) is 10.2 Å². The van der Waals surface area contributed by atoms with E-state index in [1.807, 2.05) is 6.07 Å². The molecule has 122 valence electrons. The highest BCUT2D eigenvalue weighted by Crippen LogP contribution is 2.30. The summed E-state index contributed by atoms with van der Waals surface area (Å²) in [5, 5.41) is 12.9. The third-order valence-electron chi connectivity index (χ3n) is 3.37. The maximum absolute atomic E-state index is 12.1.